The quantitative estimate of drug-likeness (QED) is 0.439. The number of rotatable bonds is 7. The maximum absolute atomic E-state index is 12.9. The molecule has 0 amide bonds. The Labute approximate surface area is 181 Å². The summed E-state index contributed by atoms with van der Waals surface area (Å²) < 4.78 is 30.5. The van der Waals surface area contributed by atoms with Gasteiger partial charge in [0.2, 0.25) is 0 Å². The van der Waals surface area contributed by atoms with Crippen LogP contribution in [0.15, 0.2) is 77.7 Å². The second-order valence-electron chi connectivity index (χ2n) is 7.42. The predicted molar refractivity (Wildman–Crippen MR) is 122 cm³/mol. The Morgan fingerprint density at radius 3 is 2.32 bits per heavy atom. The van der Waals surface area contributed by atoms with Crippen LogP contribution in [0, 0.1) is 0 Å². The smallest absolute Gasteiger partial charge is 0.261 e. The van der Waals surface area contributed by atoms with Crippen LogP contribution in [0.3, 0.4) is 0 Å². The summed E-state index contributed by atoms with van der Waals surface area (Å²) in [6.07, 6.45) is 1.32. The average molecular weight is 434 g/mol. The molecule has 0 radical (unpaired) electrons. The number of aromatic nitrogens is 2. The van der Waals surface area contributed by atoms with Crippen LogP contribution in [0.5, 0.6) is 0 Å². The lowest BCUT2D eigenvalue weighted by Crippen LogP contribution is -2.14. The summed E-state index contributed by atoms with van der Waals surface area (Å²) in [5.41, 5.74) is 3.92. The molecule has 0 aliphatic heterocycles. The molecule has 0 saturated carbocycles. The number of hydrogen-bond donors (Lipinski definition) is 1. The first-order valence-electron chi connectivity index (χ1n) is 9.97. The van der Waals surface area contributed by atoms with Crippen molar-refractivity contribution in [2.24, 2.45) is 7.05 Å². The number of carbonyl (C=O) groups is 1. The number of hydrogen-bond acceptors (Lipinski definition) is 4. The molecule has 4 aromatic rings. The van der Waals surface area contributed by atoms with Crippen molar-refractivity contribution >= 4 is 32.5 Å². The molecule has 1 heterocycles. The van der Waals surface area contributed by atoms with Crippen molar-refractivity contribution in [2.75, 3.05) is 4.72 Å². The van der Waals surface area contributed by atoms with Crippen molar-refractivity contribution in [1.29, 1.82) is 0 Å². The molecule has 31 heavy (non-hydrogen) atoms. The molecule has 0 aliphatic carbocycles. The normalized spacial score (nSPS) is 11.5. The zero-order valence-electron chi connectivity index (χ0n) is 17.4. The SMILES string of the molecule is CC(=O)c1ccc(S(=O)(=O)Nc2ccccc2CCc2nc3ccccc3n2C)cc1. The molecule has 4 rings (SSSR count). The van der Waals surface area contributed by atoms with Gasteiger partial charge in [0.15, 0.2) is 5.78 Å². The van der Waals surface area contributed by atoms with Crippen LogP contribution < -0.4 is 4.72 Å². The van der Waals surface area contributed by atoms with Gasteiger partial charge in [-0.2, -0.15) is 0 Å². The van der Waals surface area contributed by atoms with E-state index in [4.69, 9.17) is 4.98 Å². The molecule has 0 bridgehead atoms. The number of para-hydroxylation sites is 3. The largest absolute Gasteiger partial charge is 0.331 e. The fourth-order valence-electron chi connectivity index (χ4n) is 3.58. The predicted octanol–water partition coefficient (Wildman–Crippen LogP) is 4.36. The minimum atomic E-state index is -3.77. The Hall–Kier alpha value is -3.45. The Balaban J connectivity index is 1.55. The zero-order chi connectivity index (χ0) is 22.0. The highest BCUT2D eigenvalue weighted by Gasteiger charge is 2.17. The van der Waals surface area contributed by atoms with E-state index in [1.807, 2.05) is 43.4 Å². The third-order valence-corrected chi connectivity index (χ3v) is 6.71. The number of fused-ring (bicyclic) bond motifs is 1. The molecular formula is C24H23N3O3S. The van der Waals surface area contributed by atoms with E-state index < -0.39 is 10.0 Å². The lowest BCUT2D eigenvalue weighted by molar-refractivity contribution is 0.101. The molecular weight excluding hydrogens is 410 g/mol. The number of ketones is 1. The van der Waals surface area contributed by atoms with Gasteiger partial charge in [0, 0.05) is 19.0 Å². The molecule has 1 N–H and O–H groups in total. The van der Waals surface area contributed by atoms with E-state index in [1.54, 1.807) is 12.1 Å². The Kier molecular flexibility index (Phi) is 5.61. The summed E-state index contributed by atoms with van der Waals surface area (Å²) in [6.45, 7) is 1.45. The highest BCUT2D eigenvalue weighted by Crippen LogP contribution is 2.23. The van der Waals surface area contributed by atoms with Gasteiger partial charge in [-0.15, -0.1) is 0 Å². The summed E-state index contributed by atoms with van der Waals surface area (Å²) in [7, 11) is -1.78. The van der Waals surface area contributed by atoms with E-state index in [0.717, 1.165) is 22.4 Å². The first-order valence-corrected chi connectivity index (χ1v) is 11.5. The highest BCUT2D eigenvalue weighted by atomic mass is 32.2. The van der Waals surface area contributed by atoms with E-state index in [9.17, 15) is 13.2 Å². The number of nitrogens with one attached hydrogen (secondary N) is 1. The fraction of sp³-hybridized carbons (Fsp3) is 0.167. The minimum Gasteiger partial charge on any atom is -0.331 e. The summed E-state index contributed by atoms with van der Waals surface area (Å²) in [5.74, 6) is 0.836. The maximum atomic E-state index is 12.9. The van der Waals surface area contributed by atoms with E-state index in [2.05, 4.69) is 9.29 Å². The third-order valence-electron chi connectivity index (χ3n) is 5.33. The molecule has 0 spiro atoms. The van der Waals surface area contributed by atoms with E-state index >= 15 is 0 Å². The van der Waals surface area contributed by atoms with Crippen molar-refractivity contribution in [3.63, 3.8) is 0 Å². The molecule has 158 valence electrons. The second-order valence-corrected chi connectivity index (χ2v) is 9.10. The summed E-state index contributed by atoms with van der Waals surface area (Å²) >= 11 is 0. The number of Topliss-reactive ketones (excluding diaryl/α,β-unsaturated/α-hetero) is 1. The molecule has 6 nitrogen and oxygen atoms in total. The first kappa shape index (κ1) is 20.8. The van der Waals surface area contributed by atoms with Crippen LogP contribution in [0.4, 0.5) is 5.69 Å². The number of sulfonamides is 1. The van der Waals surface area contributed by atoms with E-state index in [0.29, 0.717) is 24.1 Å². The van der Waals surface area contributed by atoms with Crippen LogP contribution in [-0.2, 0) is 29.9 Å². The van der Waals surface area contributed by atoms with Crippen LogP contribution in [-0.4, -0.2) is 23.8 Å². The van der Waals surface area contributed by atoms with Crippen molar-refractivity contribution in [3.8, 4) is 0 Å². The van der Waals surface area contributed by atoms with Crippen molar-refractivity contribution in [1.82, 2.24) is 9.55 Å². The van der Waals surface area contributed by atoms with Gasteiger partial charge in [0.25, 0.3) is 10.0 Å². The molecule has 0 saturated heterocycles. The number of benzene rings is 3. The van der Waals surface area contributed by atoms with Gasteiger partial charge in [0.1, 0.15) is 5.82 Å². The Morgan fingerprint density at radius 1 is 0.935 bits per heavy atom. The zero-order valence-corrected chi connectivity index (χ0v) is 18.2. The standard InChI is InChI=1S/C24H23N3O3S/c1-17(28)18-11-14-20(15-12-18)31(29,30)26-21-8-4-3-7-19(21)13-16-24-25-22-9-5-6-10-23(22)27(24)2/h3-12,14-15,26H,13,16H2,1-2H3. The van der Waals surface area contributed by atoms with Crippen LogP contribution in [0.1, 0.15) is 28.7 Å². The second kappa shape index (κ2) is 8.35. The van der Waals surface area contributed by atoms with Gasteiger partial charge in [-0.25, -0.2) is 13.4 Å². The number of imidazole rings is 1. The van der Waals surface area contributed by atoms with Gasteiger partial charge in [-0.1, -0.05) is 42.5 Å². The molecule has 0 unspecified atom stereocenters. The molecule has 1 aromatic heterocycles. The van der Waals surface area contributed by atoms with E-state index in [1.165, 1.54) is 31.2 Å². The highest BCUT2D eigenvalue weighted by molar-refractivity contribution is 7.92. The molecule has 7 heteroatoms. The number of anilines is 1. The monoisotopic (exact) mass is 433 g/mol. The maximum Gasteiger partial charge on any atom is 0.261 e. The molecule has 0 fully saturated rings. The first-order chi connectivity index (χ1) is 14.8. The average Bonchev–Trinajstić information content (AvgIpc) is 3.09. The molecule has 0 atom stereocenters. The summed E-state index contributed by atoms with van der Waals surface area (Å²) in [4.78, 5) is 16.3. The molecule has 0 aliphatic rings. The van der Waals surface area contributed by atoms with Crippen LogP contribution in [0.2, 0.25) is 0 Å². The Bertz CT molecular complexity index is 1360. The van der Waals surface area contributed by atoms with Gasteiger partial charge in [-0.3, -0.25) is 9.52 Å². The van der Waals surface area contributed by atoms with Gasteiger partial charge >= 0.3 is 0 Å². The van der Waals surface area contributed by atoms with Gasteiger partial charge < -0.3 is 4.57 Å². The number of nitrogens with zero attached hydrogens (tertiary/aromatic N) is 2. The fourth-order valence-corrected chi connectivity index (χ4v) is 4.68. The number of aryl methyl sites for hydroxylation is 3. The lowest BCUT2D eigenvalue weighted by atomic mass is 10.1. The summed E-state index contributed by atoms with van der Waals surface area (Å²) in [6, 6.07) is 21.3. The van der Waals surface area contributed by atoms with E-state index in [-0.39, 0.29) is 10.7 Å². The van der Waals surface area contributed by atoms with Crippen molar-refractivity contribution in [3.05, 3.63) is 89.7 Å². The van der Waals surface area contributed by atoms with Gasteiger partial charge in [-0.05, 0) is 49.2 Å². The van der Waals surface area contributed by atoms with Crippen LogP contribution in [0.25, 0.3) is 11.0 Å². The Morgan fingerprint density at radius 2 is 1.61 bits per heavy atom. The van der Waals surface area contributed by atoms with Gasteiger partial charge in [0.05, 0.1) is 21.6 Å². The minimum absolute atomic E-state index is 0.107. The number of carbonyl (C=O) groups excluding carboxylic acids is 1. The summed E-state index contributed by atoms with van der Waals surface area (Å²) in [5, 5.41) is 0. The van der Waals surface area contributed by atoms with Crippen molar-refractivity contribution < 1.29 is 13.2 Å². The van der Waals surface area contributed by atoms with Crippen LogP contribution >= 0.6 is 0 Å². The lowest BCUT2D eigenvalue weighted by Gasteiger charge is -2.13. The topological polar surface area (TPSA) is 81.1 Å². The molecule has 3 aromatic carbocycles. The van der Waals surface area contributed by atoms with Crippen molar-refractivity contribution in [2.45, 2.75) is 24.7 Å². The third kappa shape index (κ3) is 4.36.